The molecule has 2 N–H and O–H groups in total. The second-order valence-electron chi connectivity index (χ2n) is 4.26. The van der Waals surface area contributed by atoms with Gasteiger partial charge in [0, 0.05) is 0 Å². The molecule has 0 bridgehead atoms. The molecule has 2 aromatic rings. The van der Waals surface area contributed by atoms with E-state index in [4.69, 9.17) is 9.84 Å². The topological polar surface area (TPSA) is 75.6 Å². The Balaban J connectivity index is 2.43. The van der Waals surface area contributed by atoms with E-state index in [-0.39, 0.29) is 22.9 Å². The molecule has 0 aliphatic rings. The monoisotopic (exact) mass is 311 g/mol. The van der Waals surface area contributed by atoms with E-state index in [1.807, 2.05) is 0 Å². The van der Waals surface area contributed by atoms with Crippen molar-refractivity contribution in [3.63, 3.8) is 0 Å². The van der Waals surface area contributed by atoms with Gasteiger partial charge in [0.05, 0.1) is 19.4 Å². The van der Waals surface area contributed by atoms with E-state index >= 15 is 0 Å². The Bertz CT molecular complexity index is 746. The van der Waals surface area contributed by atoms with Gasteiger partial charge in [0.1, 0.15) is 16.5 Å². The molecule has 112 valence electrons. The van der Waals surface area contributed by atoms with Gasteiger partial charge in [-0.05, 0) is 35.9 Å². The van der Waals surface area contributed by atoms with Crippen molar-refractivity contribution in [2.75, 3.05) is 11.8 Å². The Morgan fingerprint density at radius 1 is 1.24 bits per heavy atom. The van der Waals surface area contributed by atoms with Gasteiger partial charge in [-0.2, -0.15) is 0 Å². The Labute approximate surface area is 122 Å². The van der Waals surface area contributed by atoms with E-state index in [1.54, 1.807) is 6.07 Å². The minimum Gasteiger partial charge on any atom is -0.495 e. The maximum absolute atomic E-state index is 13.1. The lowest BCUT2D eigenvalue weighted by Gasteiger charge is -2.12. The Morgan fingerprint density at radius 3 is 2.62 bits per heavy atom. The van der Waals surface area contributed by atoms with Crippen molar-refractivity contribution in [2.45, 2.75) is 11.5 Å². The van der Waals surface area contributed by atoms with E-state index in [9.17, 15) is 12.8 Å². The van der Waals surface area contributed by atoms with Crippen molar-refractivity contribution in [3.8, 4) is 5.75 Å². The highest BCUT2D eigenvalue weighted by Gasteiger charge is 2.20. The number of aliphatic hydroxyl groups excluding tert-OH is 1. The molecule has 0 saturated heterocycles. The molecule has 2 aromatic carbocycles. The summed E-state index contributed by atoms with van der Waals surface area (Å²) in [5, 5.41) is 9.11. The van der Waals surface area contributed by atoms with Gasteiger partial charge < -0.3 is 9.84 Å². The number of aliphatic hydroxyl groups is 1. The third-order valence-corrected chi connectivity index (χ3v) is 4.18. The summed E-state index contributed by atoms with van der Waals surface area (Å²) in [5.74, 6) is -0.414. The van der Waals surface area contributed by atoms with Crippen LogP contribution in [0.3, 0.4) is 0 Å². The number of hydrogen-bond donors (Lipinski definition) is 2. The lowest BCUT2D eigenvalue weighted by Crippen LogP contribution is -2.14. The molecule has 0 radical (unpaired) electrons. The number of anilines is 1. The molecule has 0 saturated carbocycles. The van der Waals surface area contributed by atoms with Crippen LogP contribution in [0.1, 0.15) is 5.56 Å². The van der Waals surface area contributed by atoms with Crippen molar-refractivity contribution in [2.24, 2.45) is 0 Å². The molecule has 0 spiro atoms. The molecule has 0 heterocycles. The highest BCUT2D eigenvalue weighted by molar-refractivity contribution is 7.92. The van der Waals surface area contributed by atoms with E-state index in [0.29, 0.717) is 5.56 Å². The standard InChI is InChI=1S/C14H14FNO4S/c1-20-13-6-5-10(9-17)7-14(13)21(18,19)16-12-4-2-3-11(15)8-12/h2-8,16-17H,9H2,1H3. The lowest BCUT2D eigenvalue weighted by molar-refractivity contribution is 0.281. The number of nitrogens with one attached hydrogen (secondary N) is 1. The highest BCUT2D eigenvalue weighted by Crippen LogP contribution is 2.27. The summed E-state index contributed by atoms with van der Waals surface area (Å²) in [4.78, 5) is -0.124. The van der Waals surface area contributed by atoms with E-state index < -0.39 is 15.8 Å². The summed E-state index contributed by atoms with van der Waals surface area (Å²) < 4.78 is 45.1. The van der Waals surface area contributed by atoms with Crippen LogP contribution in [0.4, 0.5) is 10.1 Å². The summed E-state index contributed by atoms with van der Waals surface area (Å²) in [6.07, 6.45) is 0. The van der Waals surface area contributed by atoms with Crippen molar-refractivity contribution < 1.29 is 22.7 Å². The normalized spacial score (nSPS) is 11.2. The first-order chi connectivity index (χ1) is 9.96. The quantitative estimate of drug-likeness (QED) is 0.887. The fourth-order valence-corrected chi connectivity index (χ4v) is 3.06. The number of rotatable bonds is 5. The molecule has 0 aromatic heterocycles. The van der Waals surface area contributed by atoms with Crippen LogP contribution < -0.4 is 9.46 Å². The number of hydrogen-bond acceptors (Lipinski definition) is 4. The van der Waals surface area contributed by atoms with Crippen LogP contribution in [0.5, 0.6) is 5.75 Å². The fraction of sp³-hybridized carbons (Fsp3) is 0.143. The molecule has 0 amide bonds. The third kappa shape index (κ3) is 3.50. The summed E-state index contributed by atoms with van der Waals surface area (Å²) >= 11 is 0. The second kappa shape index (κ2) is 6.11. The van der Waals surface area contributed by atoms with Crippen LogP contribution in [0.15, 0.2) is 47.4 Å². The van der Waals surface area contributed by atoms with Crippen LogP contribution in [0, 0.1) is 5.82 Å². The van der Waals surface area contributed by atoms with Crippen LogP contribution >= 0.6 is 0 Å². The van der Waals surface area contributed by atoms with Gasteiger partial charge in [-0.3, -0.25) is 4.72 Å². The first-order valence-electron chi connectivity index (χ1n) is 6.02. The predicted octanol–water partition coefficient (Wildman–Crippen LogP) is 2.13. The Kier molecular flexibility index (Phi) is 4.44. The summed E-state index contributed by atoms with van der Waals surface area (Å²) in [6.45, 7) is -0.299. The molecule has 2 rings (SSSR count). The zero-order chi connectivity index (χ0) is 15.5. The fourth-order valence-electron chi connectivity index (χ4n) is 1.79. The number of methoxy groups -OCH3 is 1. The van der Waals surface area contributed by atoms with E-state index in [1.165, 1.54) is 37.4 Å². The molecular formula is C14H14FNO4S. The molecule has 0 fully saturated rings. The third-order valence-electron chi connectivity index (χ3n) is 2.78. The van der Waals surface area contributed by atoms with Gasteiger partial charge in [0.25, 0.3) is 10.0 Å². The summed E-state index contributed by atoms with van der Waals surface area (Å²) in [5.41, 5.74) is 0.530. The van der Waals surface area contributed by atoms with Gasteiger partial charge in [-0.15, -0.1) is 0 Å². The minimum absolute atomic E-state index is 0.103. The molecule has 0 atom stereocenters. The van der Waals surface area contributed by atoms with Crippen LogP contribution in [-0.4, -0.2) is 20.6 Å². The van der Waals surface area contributed by atoms with Crippen molar-refractivity contribution in [3.05, 3.63) is 53.8 Å². The molecule has 0 aliphatic heterocycles. The van der Waals surface area contributed by atoms with Gasteiger partial charge in [0.15, 0.2) is 0 Å². The lowest BCUT2D eigenvalue weighted by atomic mass is 10.2. The zero-order valence-electron chi connectivity index (χ0n) is 11.2. The maximum atomic E-state index is 13.1. The number of benzene rings is 2. The van der Waals surface area contributed by atoms with Gasteiger partial charge >= 0.3 is 0 Å². The van der Waals surface area contributed by atoms with Crippen molar-refractivity contribution >= 4 is 15.7 Å². The maximum Gasteiger partial charge on any atom is 0.265 e. The van der Waals surface area contributed by atoms with Crippen LogP contribution in [-0.2, 0) is 16.6 Å². The van der Waals surface area contributed by atoms with Gasteiger partial charge in [0.2, 0.25) is 0 Å². The van der Waals surface area contributed by atoms with Crippen molar-refractivity contribution in [1.29, 1.82) is 0 Å². The molecule has 0 aliphatic carbocycles. The van der Waals surface area contributed by atoms with Crippen molar-refractivity contribution in [1.82, 2.24) is 0 Å². The van der Waals surface area contributed by atoms with Gasteiger partial charge in [-0.25, -0.2) is 12.8 Å². The molecule has 7 heteroatoms. The Hall–Kier alpha value is -2.12. The number of sulfonamides is 1. The SMILES string of the molecule is COc1ccc(CO)cc1S(=O)(=O)Nc1cccc(F)c1. The first-order valence-corrected chi connectivity index (χ1v) is 7.51. The van der Waals surface area contributed by atoms with Crippen LogP contribution in [0.25, 0.3) is 0 Å². The predicted molar refractivity (Wildman–Crippen MR) is 76.1 cm³/mol. The first kappa shape index (κ1) is 15.3. The average molecular weight is 311 g/mol. The van der Waals surface area contributed by atoms with E-state index in [0.717, 1.165) is 6.07 Å². The van der Waals surface area contributed by atoms with Crippen LogP contribution in [0.2, 0.25) is 0 Å². The number of halogens is 1. The summed E-state index contributed by atoms with van der Waals surface area (Å²) in [7, 11) is -2.62. The summed E-state index contributed by atoms with van der Waals surface area (Å²) in [6, 6.07) is 9.43. The minimum atomic E-state index is -3.96. The van der Waals surface area contributed by atoms with E-state index in [2.05, 4.69) is 4.72 Å². The van der Waals surface area contributed by atoms with Gasteiger partial charge in [-0.1, -0.05) is 12.1 Å². The highest BCUT2D eigenvalue weighted by atomic mass is 32.2. The molecule has 21 heavy (non-hydrogen) atoms. The molecule has 0 unspecified atom stereocenters. The smallest absolute Gasteiger partial charge is 0.265 e. The largest absolute Gasteiger partial charge is 0.495 e. The molecule has 5 nitrogen and oxygen atoms in total. The zero-order valence-corrected chi connectivity index (χ0v) is 12.0. The molecular weight excluding hydrogens is 297 g/mol. The average Bonchev–Trinajstić information content (AvgIpc) is 2.46. The number of ether oxygens (including phenoxy) is 1. The Morgan fingerprint density at radius 2 is 2.00 bits per heavy atom. The second-order valence-corrected chi connectivity index (χ2v) is 5.91.